The molecule has 3 rings (SSSR count). The molecule has 2 aliphatic rings. The number of hydrogen-bond donors (Lipinski definition) is 1. The lowest BCUT2D eigenvalue weighted by Crippen LogP contribution is -2.49. The van der Waals surface area contributed by atoms with Crippen LogP contribution in [0, 0.1) is 11.7 Å². The Bertz CT molecular complexity index is 578. The van der Waals surface area contributed by atoms with Crippen molar-refractivity contribution in [1.29, 1.82) is 0 Å². The van der Waals surface area contributed by atoms with Gasteiger partial charge >= 0.3 is 0 Å². The predicted octanol–water partition coefficient (Wildman–Crippen LogP) is 2.19. The highest BCUT2D eigenvalue weighted by Crippen LogP contribution is 2.20. The molecule has 2 heterocycles. The monoisotopic (exact) mass is 376 g/mol. The molecule has 0 bridgehead atoms. The van der Waals surface area contributed by atoms with Crippen LogP contribution in [0.2, 0.25) is 0 Å². The van der Waals surface area contributed by atoms with Crippen molar-refractivity contribution in [3.63, 3.8) is 0 Å². The molecule has 2 aliphatic heterocycles. The van der Waals surface area contributed by atoms with E-state index in [0.717, 1.165) is 64.0 Å². The third-order valence-electron chi connectivity index (χ3n) is 5.98. The Balaban J connectivity index is 1.34. The minimum Gasteiger partial charge on any atom is -0.368 e. The van der Waals surface area contributed by atoms with Crippen LogP contribution in [-0.4, -0.2) is 75.1 Å². The Morgan fingerprint density at radius 2 is 1.74 bits per heavy atom. The molecule has 0 spiro atoms. The Labute approximate surface area is 162 Å². The fraction of sp³-hybridized carbons (Fsp3) is 0.667. The quantitative estimate of drug-likeness (QED) is 0.792. The molecule has 0 unspecified atom stereocenters. The van der Waals surface area contributed by atoms with Gasteiger partial charge in [-0.05, 0) is 76.1 Å². The highest BCUT2D eigenvalue weighted by Gasteiger charge is 2.23. The van der Waals surface area contributed by atoms with Gasteiger partial charge in [-0.15, -0.1) is 0 Å². The van der Waals surface area contributed by atoms with Gasteiger partial charge in [0.25, 0.3) is 0 Å². The summed E-state index contributed by atoms with van der Waals surface area (Å²) >= 11 is 0. The minimum atomic E-state index is -0.210. The average molecular weight is 377 g/mol. The Kier molecular flexibility index (Phi) is 7.47. The number of benzene rings is 1. The van der Waals surface area contributed by atoms with Gasteiger partial charge < -0.3 is 20.0 Å². The summed E-state index contributed by atoms with van der Waals surface area (Å²) in [6, 6.07) is 6.61. The van der Waals surface area contributed by atoms with E-state index in [4.69, 9.17) is 0 Å². The van der Waals surface area contributed by atoms with E-state index in [-0.39, 0.29) is 11.7 Å². The molecule has 5 nitrogen and oxygen atoms in total. The van der Waals surface area contributed by atoms with Crippen LogP contribution in [-0.2, 0) is 4.79 Å². The van der Waals surface area contributed by atoms with Crippen LogP contribution in [0.25, 0.3) is 0 Å². The van der Waals surface area contributed by atoms with Gasteiger partial charge in [0.1, 0.15) is 5.82 Å². The third kappa shape index (κ3) is 5.91. The van der Waals surface area contributed by atoms with E-state index in [1.54, 1.807) is 0 Å². The molecular formula is C21H33FN4O. The van der Waals surface area contributed by atoms with Crippen molar-refractivity contribution in [3.8, 4) is 0 Å². The number of nitrogens with zero attached hydrogens (tertiary/aromatic N) is 3. The van der Waals surface area contributed by atoms with Crippen molar-refractivity contribution in [3.05, 3.63) is 30.1 Å². The zero-order chi connectivity index (χ0) is 19.1. The highest BCUT2D eigenvalue weighted by molar-refractivity contribution is 5.76. The number of piperidine rings is 1. The maximum atomic E-state index is 13.1. The lowest BCUT2D eigenvalue weighted by molar-refractivity contribution is -0.131. The van der Waals surface area contributed by atoms with Crippen molar-refractivity contribution >= 4 is 11.6 Å². The van der Waals surface area contributed by atoms with Gasteiger partial charge in [0.15, 0.2) is 0 Å². The minimum absolute atomic E-state index is 0.210. The molecule has 0 radical (unpaired) electrons. The third-order valence-corrected chi connectivity index (χ3v) is 5.98. The number of carbonyl (C=O) groups is 1. The largest absolute Gasteiger partial charge is 0.368 e. The second-order valence-electron chi connectivity index (χ2n) is 7.77. The molecule has 2 saturated heterocycles. The number of piperazine rings is 1. The lowest BCUT2D eigenvalue weighted by Gasteiger charge is -2.37. The molecule has 27 heavy (non-hydrogen) atoms. The first-order valence-corrected chi connectivity index (χ1v) is 10.3. The molecular weight excluding hydrogens is 343 g/mol. The SMILES string of the molecule is CNCCC1CCN(CCC(=O)N2CCN(c3ccc(F)cc3)CC2)CC1. The smallest absolute Gasteiger partial charge is 0.223 e. The van der Waals surface area contributed by atoms with Gasteiger partial charge in [-0.2, -0.15) is 0 Å². The maximum Gasteiger partial charge on any atom is 0.223 e. The molecule has 0 saturated carbocycles. The van der Waals surface area contributed by atoms with E-state index >= 15 is 0 Å². The molecule has 6 heteroatoms. The molecule has 2 fully saturated rings. The van der Waals surface area contributed by atoms with Crippen LogP contribution in [0.3, 0.4) is 0 Å². The molecule has 0 aliphatic carbocycles. The van der Waals surface area contributed by atoms with Gasteiger partial charge in [0.05, 0.1) is 0 Å². The van der Waals surface area contributed by atoms with E-state index in [1.165, 1.54) is 31.4 Å². The van der Waals surface area contributed by atoms with E-state index < -0.39 is 0 Å². The number of rotatable bonds is 7. The summed E-state index contributed by atoms with van der Waals surface area (Å²) in [5, 5.41) is 3.23. The zero-order valence-corrected chi connectivity index (χ0v) is 16.5. The molecule has 1 amide bonds. The fourth-order valence-corrected chi connectivity index (χ4v) is 4.13. The van der Waals surface area contributed by atoms with Gasteiger partial charge in [-0.3, -0.25) is 4.79 Å². The molecule has 0 aromatic heterocycles. The van der Waals surface area contributed by atoms with Crippen LogP contribution < -0.4 is 10.2 Å². The van der Waals surface area contributed by atoms with Crippen molar-refractivity contribution < 1.29 is 9.18 Å². The van der Waals surface area contributed by atoms with Crippen LogP contribution in [0.5, 0.6) is 0 Å². The molecule has 150 valence electrons. The predicted molar refractivity (Wildman–Crippen MR) is 108 cm³/mol. The van der Waals surface area contributed by atoms with Crippen molar-refractivity contribution in [2.75, 3.05) is 64.3 Å². The summed E-state index contributed by atoms with van der Waals surface area (Å²) < 4.78 is 13.1. The van der Waals surface area contributed by atoms with Crippen LogP contribution >= 0.6 is 0 Å². The number of amides is 1. The zero-order valence-electron chi connectivity index (χ0n) is 16.5. The number of halogens is 1. The highest BCUT2D eigenvalue weighted by atomic mass is 19.1. The van der Waals surface area contributed by atoms with Gasteiger partial charge in [-0.1, -0.05) is 0 Å². The second-order valence-corrected chi connectivity index (χ2v) is 7.77. The van der Waals surface area contributed by atoms with Crippen LogP contribution in [0.1, 0.15) is 25.7 Å². The first-order valence-electron chi connectivity index (χ1n) is 10.3. The lowest BCUT2D eigenvalue weighted by atomic mass is 9.93. The van der Waals surface area contributed by atoms with Crippen molar-refractivity contribution in [2.24, 2.45) is 5.92 Å². The Hall–Kier alpha value is -1.66. The maximum absolute atomic E-state index is 13.1. The average Bonchev–Trinajstić information content (AvgIpc) is 2.72. The molecule has 1 aromatic carbocycles. The molecule has 0 atom stereocenters. The van der Waals surface area contributed by atoms with E-state index in [0.29, 0.717) is 6.42 Å². The van der Waals surface area contributed by atoms with Crippen LogP contribution in [0.15, 0.2) is 24.3 Å². The summed E-state index contributed by atoms with van der Waals surface area (Å²) in [7, 11) is 2.01. The summed E-state index contributed by atoms with van der Waals surface area (Å²) in [6.45, 7) is 7.37. The summed E-state index contributed by atoms with van der Waals surface area (Å²) in [5.41, 5.74) is 1.03. The van der Waals surface area contributed by atoms with Gasteiger partial charge in [0, 0.05) is 44.8 Å². The normalized spacial score (nSPS) is 19.5. The summed E-state index contributed by atoms with van der Waals surface area (Å²) in [4.78, 5) is 19.2. The number of carbonyl (C=O) groups excluding carboxylic acids is 1. The molecule has 1 N–H and O–H groups in total. The van der Waals surface area contributed by atoms with Crippen LogP contribution in [0.4, 0.5) is 10.1 Å². The Morgan fingerprint density at radius 3 is 2.37 bits per heavy atom. The number of nitrogens with one attached hydrogen (secondary N) is 1. The second kappa shape index (κ2) is 10.0. The first kappa shape index (κ1) is 20.1. The van der Waals surface area contributed by atoms with E-state index in [9.17, 15) is 9.18 Å². The van der Waals surface area contributed by atoms with E-state index in [1.807, 2.05) is 24.1 Å². The number of likely N-dealkylation sites (tertiary alicyclic amines) is 1. The van der Waals surface area contributed by atoms with Crippen molar-refractivity contribution in [1.82, 2.24) is 15.1 Å². The first-order chi connectivity index (χ1) is 13.2. The molecule has 1 aromatic rings. The van der Waals surface area contributed by atoms with Gasteiger partial charge in [0.2, 0.25) is 5.91 Å². The summed E-state index contributed by atoms with van der Waals surface area (Å²) in [5.74, 6) is 0.897. The fourth-order valence-electron chi connectivity index (χ4n) is 4.13. The standard InChI is InChI=1S/C21H33FN4O/c1-23-10-6-18-7-11-24(12-8-18)13-9-21(27)26-16-14-25(15-17-26)20-4-2-19(22)3-5-20/h2-5,18,23H,6-17H2,1H3. The Morgan fingerprint density at radius 1 is 1.07 bits per heavy atom. The van der Waals surface area contributed by atoms with Gasteiger partial charge in [-0.25, -0.2) is 4.39 Å². The van der Waals surface area contributed by atoms with E-state index in [2.05, 4.69) is 15.1 Å². The summed E-state index contributed by atoms with van der Waals surface area (Å²) in [6.07, 6.45) is 4.40. The van der Waals surface area contributed by atoms with Crippen molar-refractivity contribution in [2.45, 2.75) is 25.7 Å². The number of hydrogen-bond acceptors (Lipinski definition) is 4. The number of anilines is 1. The topological polar surface area (TPSA) is 38.8 Å².